The lowest BCUT2D eigenvalue weighted by Gasteiger charge is -1.71. The van der Waals surface area contributed by atoms with Crippen LogP contribution in [0.25, 0.3) is 0 Å². The zero-order chi connectivity index (χ0) is 5.54. The smallest absolute Gasteiger partial charge is 0.0514 e. The van der Waals surface area contributed by atoms with E-state index in [4.69, 9.17) is 0 Å². The average Bonchev–Trinajstić information content (AvgIpc) is 1.69. The van der Waals surface area contributed by atoms with E-state index in [1.165, 1.54) is 5.37 Å². The predicted octanol–water partition coefficient (Wildman–Crippen LogP) is 1.79. The van der Waals surface area contributed by atoms with E-state index in [-0.39, 0.29) is 0 Å². The van der Waals surface area contributed by atoms with E-state index in [0.717, 1.165) is 12.8 Å². The Bertz CT molecular complexity index is 94.5. The lowest BCUT2D eigenvalue weighted by Crippen LogP contribution is -1.60. The van der Waals surface area contributed by atoms with Crippen LogP contribution in [-0.4, -0.2) is 5.37 Å². The fourth-order valence-corrected chi connectivity index (χ4v) is 0.322. The van der Waals surface area contributed by atoms with E-state index in [9.17, 15) is 0 Å². The maximum Gasteiger partial charge on any atom is 0.0514 e. The first-order valence-electron chi connectivity index (χ1n) is 2.34. The van der Waals surface area contributed by atoms with Gasteiger partial charge >= 0.3 is 0 Å². The van der Waals surface area contributed by atoms with Gasteiger partial charge in [0.25, 0.3) is 0 Å². The molecule has 0 aromatic rings. The molecule has 0 saturated heterocycles. The minimum atomic E-state index is 0.965. The fraction of sp³-hybridized carbons (Fsp3) is 0.500. The Kier molecular flexibility index (Phi) is 5.37. The van der Waals surface area contributed by atoms with Crippen LogP contribution in [0.1, 0.15) is 19.8 Å². The van der Waals surface area contributed by atoms with Gasteiger partial charge in [0.05, 0.1) is 5.37 Å². The van der Waals surface area contributed by atoms with Crippen molar-refractivity contribution in [3.8, 4) is 11.8 Å². The molecule has 7 heavy (non-hydrogen) atoms. The fourth-order valence-electron chi connectivity index (χ4n) is 0.239. The molecular formula is C6H8S. The van der Waals surface area contributed by atoms with Gasteiger partial charge in [-0.1, -0.05) is 31.0 Å². The van der Waals surface area contributed by atoms with Gasteiger partial charge in [0.15, 0.2) is 0 Å². The number of rotatable bonds is 1. The summed E-state index contributed by atoms with van der Waals surface area (Å²) in [5.41, 5.74) is 0. The standard InChI is InChI=1S/C6H8S/c1-2-3-4-5-6-7/h6H,2-3H2,1H3. The van der Waals surface area contributed by atoms with E-state index >= 15 is 0 Å². The minimum Gasteiger partial charge on any atom is -0.0977 e. The van der Waals surface area contributed by atoms with Crippen molar-refractivity contribution in [2.24, 2.45) is 0 Å². The van der Waals surface area contributed by atoms with Crippen molar-refractivity contribution < 1.29 is 0 Å². The molecule has 0 aromatic carbocycles. The highest BCUT2D eigenvalue weighted by Crippen LogP contribution is 1.79. The Morgan fingerprint density at radius 1 is 1.71 bits per heavy atom. The summed E-state index contributed by atoms with van der Waals surface area (Å²) < 4.78 is 0. The maximum atomic E-state index is 4.47. The first kappa shape index (κ1) is 6.65. The van der Waals surface area contributed by atoms with E-state index < -0.39 is 0 Å². The third kappa shape index (κ3) is 5.65. The molecule has 38 valence electrons. The molecular weight excluding hydrogens is 104 g/mol. The van der Waals surface area contributed by atoms with Crippen molar-refractivity contribution in [3.63, 3.8) is 0 Å². The molecule has 0 aliphatic heterocycles. The molecule has 0 rings (SSSR count). The third-order valence-corrected chi connectivity index (χ3v) is 0.654. The topological polar surface area (TPSA) is 0 Å². The molecule has 0 bridgehead atoms. The Morgan fingerprint density at radius 3 is 2.86 bits per heavy atom. The van der Waals surface area contributed by atoms with Gasteiger partial charge in [-0.15, -0.1) is 0 Å². The minimum absolute atomic E-state index is 0.965. The van der Waals surface area contributed by atoms with Crippen LogP contribution in [0.5, 0.6) is 0 Å². The van der Waals surface area contributed by atoms with Crippen molar-refractivity contribution in [2.75, 3.05) is 0 Å². The van der Waals surface area contributed by atoms with E-state index in [1.807, 2.05) is 0 Å². The first-order valence-corrected chi connectivity index (χ1v) is 2.81. The quantitative estimate of drug-likeness (QED) is 0.368. The Hall–Kier alpha value is -0.350. The van der Waals surface area contributed by atoms with E-state index in [2.05, 4.69) is 31.0 Å². The highest BCUT2D eigenvalue weighted by Gasteiger charge is 1.64. The zero-order valence-corrected chi connectivity index (χ0v) is 5.22. The van der Waals surface area contributed by atoms with E-state index in [0.29, 0.717) is 0 Å². The maximum absolute atomic E-state index is 4.47. The summed E-state index contributed by atoms with van der Waals surface area (Å²) in [6.07, 6.45) is 2.09. The molecule has 0 saturated carbocycles. The summed E-state index contributed by atoms with van der Waals surface area (Å²) in [7, 11) is 0. The van der Waals surface area contributed by atoms with Crippen molar-refractivity contribution in [1.82, 2.24) is 0 Å². The Morgan fingerprint density at radius 2 is 2.43 bits per heavy atom. The van der Waals surface area contributed by atoms with Gasteiger partial charge in [-0.25, -0.2) is 0 Å². The molecule has 1 heteroatoms. The van der Waals surface area contributed by atoms with Gasteiger partial charge in [-0.05, 0) is 6.42 Å². The van der Waals surface area contributed by atoms with Crippen molar-refractivity contribution in [2.45, 2.75) is 19.8 Å². The van der Waals surface area contributed by atoms with Gasteiger partial charge in [0.1, 0.15) is 0 Å². The SMILES string of the molecule is CCCC#CC=S. The second-order valence-electron chi connectivity index (χ2n) is 1.19. The summed E-state index contributed by atoms with van der Waals surface area (Å²) in [4.78, 5) is 0. The predicted molar refractivity (Wildman–Crippen MR) is 36.3 cm³/mol. The average molecular weight is 112 g/mol. The number of hydrogen-bond acceptors (Lipinski definition) is 1. The molecule has 0 aliphatic rings. The van der Waals surface area contributed by atoms with Crippen molar-refractivity contribution in [1.29, 1.82) is 0 Å². The van der Waals surface area contributed by atoms with Gasteiger partial charge in [-0.2, -0.15) is 0 Å². The van der Waals surface area contributed by atoms with Crippen LogP contribution in [0.4, 0.5) is 0 Å². The number of unbranched alkanes of at least 4 members (excludes halogenated alkanes) is 1. The van der Waals surface area contributed by atoms with Crippen LogP contribution in [0.3, 0.4) is 0 Å². The number of hydrogen-bond donors (Lipinski definition) is 0. The van der Waals surface area contributed by atoms with Crippen LogP contribution >= 0.6 is 12.2 Å². The van der Waals surface area contributed by atoms with Crippen LogP contribution in [0.2, 0.25) is 0 Å². The van der Waals surface area contributed by atoms with Crippen LogP contribution in [0, 0.1) is 11.8 Å². The second-order valence-corrected chi connectivity index (χ2v) is 1.42. The number of thiocarbonyl (C=S) groups is 1. The largest absolute Gasteiger partial charge is 0.0977 e. The molecule has 0 spiro atoms. The Balaban J connectivity index is 3.07. The van der Waals surface area contributed by atoms with Crippen molar-refractivity contribution in [3.05, 3.63) is 0 Å². The first-order chi connectivity index (χ1) is 3.41. The summed E-state index contributed by atoms with van der Waals surface area (Å²) in [6, 6.07) is 0. The monoisotopic (exact) mass is 112 g/mol. The second kappa shape index (κ2) is 5.65. The summed E-state index contributed by atoms with van der Waals surface area (Å²) in [5.74, 6) is 5.56. The highest BCUT2D eigenvalue weighted by molar-refractivity contribution is 7.79. The molecule has 0 aliphatic carbocycles. The van der Waals surface area contributed by atoms with E-state index in [1.54, 1.807) is 0 Å². The lowest BCUT2D eigenvalue weighted by molar-refractivity contribution is 0.984. The molecule has 0 fully saturated rings. The molecule has 0 unspecified atom stereocenters. The Labute approximate surface area is 49.9 Å². The molecule has 0 atom stereocenters. The summed E-state index contributed by atoms with van der Waals surface area (Å²) in [5, 5.41) is 1.45. The molecule has 0 radical (unpaired) electrons. The zero-order valence-electron chi connectivity index (χ0n) is 4.40. The third-order valence-electron chi connectivity index (χ3n) is 0.536. The molecule has 0 aromatic heterocycles. The van der Waals surface area contributed by atoms with Crippen LogP contribution < -0.4 is 0 Å². The van der Waals surface area contributed by atoms with Gasteiger partial charge in [-0.3, -0.25) is 0 Å². The highest BCUT2D eigenvalue weighted by atomic mass is 32.1. The molecule has 0 N–H and O–H groups in total. The van der Waals surface area contributed by atoms with Crippen LogP contribution in [0.15, 0.2) is 0 Å². The van der Waals surface area contributed by atoms with Gasteiger partial charge in [0.2, 0.25) is 0 Å². The van der Waals surface area contributed by atoms with Gasteiger partial charge < -0.3 is 0 Å². The lowest BCUT2D eigenvalue weighted by atomic mass is 10.3. The van der Waals surface area contributed by atoms with Gasteiger partial charge in [0, 0.05) is 6.42 Å². The summed E-state index contributed by atoms with van der Waals surface area (Å²) >= 11 is 4.47. The normalized spacial score (nSPS) is 6.43. The van der Waals surface area contributed by atoms with Crippen LogP contribution in [-0.2, 0) is 0 Å². The molecule has 0 amide bonds. The van der Waals surface area contributed by atoms with Crippen molar-refractivity contribution >= 4 is 17.6 Å². The summed E-state index contributed by atoms with van der Waals surface area (Å²) in [6.45, 7) is 2.10. The molecule has 0 heterocycles. The molecule has 0 nitrogen and oxygen atoms in total.